The molecule has 3 aromatic rings. The largest absolute Gasteiger partial charge is 0.457 e. The molecule has 2 aromatic carbocycles. The van der Waals surface area contributed by atoms with Gasteiger partial charge in [-0.25, -0.2) is 0 Å². The first-order valence-corrected chi connectivity index (χ1v) is 9.41. The standard InChI is InChI=1S/C22H17IN2O2/c1-14-4-3-5-20(15(14)2)25-22(26)17(13-24)12-19-10-11-21(27-19)16-6-8-18(23)9-7-16/h3-12H,1-2H3,(H,25,26)/b17-12+. The number of anilines is 1. The van der Waals surface area contributed by atoms with Crippen molar-refractivity contribution in [3.63, 3.8) is 0 Å². The monoisotopic (exact) mass is 468 g/mol. The molecule has 0 fully saturated rings. The summed E-state index contributed by atoms with van der Waals surface area (Å²) in [5.41, 5.74) is 3.67. The Morgan fingerprint density at radius 3 is 2.56 bits per heavy atom. The van der Waals surface area contributed by atoms with E-state index >= 15 is 0 Å². The van der Waals surface area contributed by atoms with Crippen LogP contribution in [0.25, 0.3) is 17.4 Å². The average Bonchev–Trinajstić information content (AvgIpc) is 3.12. The average molecular weight is 468 g/mol. The minimum Gasteiger partial charge on any atom is -0.457 e. The van der Waals surface area contributed by atoms with Crippen LogP contribution in [0.1, 0.15) is 16.9 Å². The first-order chi connectivity index (χ1) is 13.0. The van der Waals surface area contributed by atoms with Gasteiger partial charge in [-0.15, -0.1) is 0 Å². The smallest absolute Gasteiger partial charge is 0.266 e. The number of furan rings is 1. The molecule has 3 rings (SSSR count). The van der Waals surface area contributed by atoms with Gasteiger partial charge in [0.1, 0.15) is 23.2 Å². The van der Waals surface area contributed by atoms with Crippen LogP contribution in [-0.4, -0.2) is 5.91 Å². The van der Waals surface area contributed by atoms with Gasteiger partial charge in [-0.2, -0.15) is 5.26 Å². The van der Waals surface area contributed by atoms with E-state index in [0.29, 0.717) is 17.2 Å². The van der Waals surface area contributed by atoms with E-state index in [1.807, 2.05) is 68.4 Å². The molecule has 0 aliphatic heterocycles. The SMILES string of the molecule is Cc1cccc(NC(=O)/C(C#N)=C/c2ccc(-c3ccc(I)cc3)o2)c1C. The van der Waals surface area contributed by atoms with Crippen LogP contribution in [0.15, 0.2) is 64.6 Å². The van der Waals surface area contributed by atoms with E-state index < -0.39 is 5.91 Å². The number of nitrogens with zero attached hydrogens (tertiary/aromatic N) is 1. The molecule has 0 radical (unpaired) electrons. The van der Waals surface area contributed by atoms with E-state index in [1.165, 1.54) is 6.08 Å². The number of aryl methyl sites for hydroxylation is 1. The summed E-state index contributed by atoms with van der Waals surface area (Å²) in [5.74, 6) is 0.680. The number of carbonyl (C=O) groups excluding carboxylic acids is 1. The number of halogens is 1. The van der Waals surface area contributed by atoms with Crippen LogP contribution in [0.5, 0.6) is 0 Å². The Labute approximate surface area is 171 Å². The summed E-state index contributed by atoms with van der Waals surface area (Å²) in [6.07, 6.45) is 1.46. The fraction of sp³-hybridized carbons (Fsp3) is 0.0909. The maximum absolute atomic E-state index is 12.5. The van der Waals surface area contributed by atoms with Crippen molar-refractivity contribution in [1.82, 2.24) is 0 Å². The van der Waals surface area contributed by atoms with Crippen LogP contribution in [0.3, 0.4) is 0 Å². The van der Waals surface area contributed by atoms with Gasteiger partial charge >= 0.3 is 0 Å². The predicted octanol–water partition coefficient (Wildman–Crippen LogP) is 5.71. The molecule has 0 unspecified atom stereocenters. The fourth-order valence-corrected chi connectivity index (χ4v) is 2.93. The molecule has 0 saturated carbocycles. The first kappa shape index (κ1) is 18.9. The van der Waals surface area contributed by atoms with Crippen molar-refractivity contribution in [2.45, 2.75) is 13.8 Å². The zero-order valence-corrected chi connectivity index (χ0v) is 17.1. The summed E-state index contributed by atoms with van der Waals surface area (Å²) in [6, 6.07) is 19.1. The second-order valence-electron chi connectivity index (χ2n) is 6.08. The Morgan fingerprint density at radius 1 is 1.11 bits per heavy atom. The molecule has 1 aromatic heterocycles. The second kappa shape index (κ2) is 8.23. The van der Waals surface area contributed by atoms with Crippen LogP contribution in [-0.2, 0) is 4.79 Å². The van der Waals surface area contributed by atoms with Crippen molar-refractivity contribution in [2.24, 2.45) is 0 Å². The molecule has 0 atom stereocenters. The molecule has 1 amide bonds. The van der Waals surface area contributed by atoms with Gasteiger partial charge in [-0.3, -0.25) is 4.79 Å². The lowest BCUT2D eigenvalue weighted by Crippen LogP contribution is -2.14. The van der Waals surface area contributed by atoms with Gasteiger partial charge in [-0.05, 0) is 77.9 Å². The molecule has 0 aliphatic carbocycles. The van der Waals surface area contributed by atoms with E-state index in [0.717, 1.165) is 20.3 Å². The molecule has 134 valence electrons. The first-order valence-electron chi connectivity index (χ1n) is 8.33. The van der Waals surface area contributed by atoms with E-state index in [4.69, 9.17) is 4.42 Å². The molecule has 1 N–H and O–H groups in total. The lowest BCUT2D eigenvalue weighted by Gasteiger charge is -2.09. The number of amides is 1. The molecule has 27 heavy (non-hydrogen) atoms. The molecule has 1 heterocycles. The minimum absolute atomic E-state index is 0.0144. The third-order valence-electron chi connectivity index (χ3n) is 4.26. The van der Waals surface area contributed by atoms with Crippen molar-refractivity contribution < 1.29 is 9.21 Å². The van der Waals surface area contributed by atoms with Gasteiger partial charge in [0.15, 0.2) is 0 Å². The van der Waals surface area contributed by atoms with Gasteiger partial charge in [0.2, 0.25) is 0 Å². The summed E-state index contributed by atoms with van der Waals surface area (Å²) < 4.78 is 6.91. The van der Waals surface area contributed by atoms with Crippen molar-refractivity contribution in [2.75, 3.05) is 5.32 Å². The molecule has 0 saturated heterocycles. The highest BCUT2D eigenvalue weighted by molar-refractivity contribution is 14.1. The Balaban J connectivity index is 1.82. The number of rotatable bonds is 4. The van der Waals surface area contributed by atoms with Gasteiger partial charge < -0.3 is 9.73 Å². The Morgan fingerprint density at radius 2 is 1.85 bits per heavy atom. The van der Waals surface area contributed by atoms with Crippen LogP contribution in [0, 0.1) is 28.7 Å². The number of carbonyl (C=O) groups is 1. The van der Waals surface area contributed by atoms with Crippen molar-refractivity contribution in [3.05, 3.63) is 80.6 Å². The lowest BCUT2D eigenvalue weighted by atomic mass is 10.1. The summed E-state index contributed by atoms with van der Waals surface area (Å²) >= 11 is 2.24. The number of benzene rings is 2. The zero-order valence-electron chi connectivity index (χ0n) is 14.9. The Kier molecular flexibility index (Phi) is 5.77. The molecule has 0 bridgehead atoms. The normalized spacial score (nSPS) is 11.1. The maximum atomic E-state index is 12.5. The van der Waals surface area contributed by atoms with E-state index in [-0.39, 0.29) is 5.57 Å². The summed E-state index contributed by atoms with van der Waals surface area (Å²) in [7, 11) is 0. The fourth-order valence-electron chi connectivity index (χ4n) is 2.57. The Bertz CT molecular complexity index is 1060. The van der Waals surface area contributed by atoms with E-state index in [1.54, 1.807) is 6.07 Å². The third kappa shape index (κ3) is 4.47. The van der Waals surface area contributed by atoms with Crippen LogP contribution >= 0.6 is 22.6 Å². The molecule has 5 heteroatoms. The highest BCUT2D eigenvalue weighted by Crippen LogP contribution is 2.25. The summed E-state index contributed by atoms with van der Waals surface area (Å²) in [6.45, 7) is 3.90. The summed E-state index contributed by atoms with van der Waals surface area (Å²) in [5, 5.41) is 12.2. The zero-order chi connectivity index (χ0) is 19.4. The quantitative estimate of drug-likeness (QED) is 0.303. The number of nitriles is 1. The third-order valence-corrected chi connectivity index (χ3v) is 4.98. The number of hydrogen-bond acceptors (Lipinski definition) is 3. The Hall–Kier alpha value is -2.85. The van der Waals surface area contributed by atoms with E-state index in [2.05, 4.69) is 27.9 Å². The molecule has 0 aliphatic rings. The van der Waals surface area contributed by atoms with E-state index in [9.17, 15) is 10.1 Å². The maximum Gasteiger partial charge on any atom is 0.266 e. The highest BCUT2D eigenvalue weighted by atomic mass is 127. The number of hydrogen-bond donors (Lipinski definition) is 1. The molecule has 0 spiro atoms. The van der Waals surface area contributed by atoms with Crippen LogP contribution in [0.4, 0.5) is 5.69 Å². The minimum atomic E-state index is -0.460. The molecular weight excluding hydrogens is 451 g/mol. The van der Waals surface area contributed by atoms with Gasteiger partial charge in [0, 0.05) is 20.9 Å². The van der Waals surface area contributed by atoms with Crippen molar-refractivity contribution in [3.8, 4) is 17.4 Å². The number of nitrogens with one attached hydrogen (secondary N) is 1. The van der Waals surface area contributed by atoms with Crippen molar-refractivity contribution >= 4 is 40.3 Å². The highest BCUT2D eigenvalue weighted by Gasteiger charge is 2.13. The van der Waals surface area contributed by atoms with Crippen LogP contribution < -0.4 is 5.32 Å². The predicted molar refractivity (Wildman–Crippen MR) is 115 cm³/mol. The molecular formula is C22H17IN2O2. The second-order valence-corrected chi connectivity index (χ2v) is 7.33. The van der Waals surface area contributed by atoms with Crippen molar-refractivity contribution in [1.29, 1.82) is 5.26 Å². The van der Waals surface area contributed by atoms with Gasteiger partial charge in [0.25, 0.3) is 5.91 Å². The molecule has 4 nitrogen and oxygen atoms in total. The van der Waals surface area contributed by atoms with Gasteiger partial charge in [0.05, 0.1) is 0 Å². The topological polar surface area (TPSA) is 66.0 Å². The summed E-state index contributed by atoms with van der Waals surface area (Å²) in [4.78, 5) is 12.5. The van der Waals surface area contributed by atoms with Gasteiger partial charge in [-0.1, -0.05) is 24.3 Å². The lowest BCUT2D eigenvalue weighted by molar-refractivity contribution is -0.112. The van der Waals surface area contributed by atoms with Crippen LogP contribution in [0.2, 0.25) is 0 Å².